The van der Waals surface area contributed by atoms with Crippen LogP contribution in [-0.2, 0) is 22.6 Å². The number of rotatable bonds is 5. The molecular weight excluding hydrogens is 254 g/mol. The largest absolute Gasteiger partial charge is 0.480 e. The van der Waals surface area contributed by atoms with Gasteiger partial charge in [-0.05, 0) is 11.4 Å². The van der Waals surface area contributed by atoms with Crippen LogP contribution in [0.1, 0.15) is 4.88 Å². The molecule has 0 unspecified atom stereocenters. The first kappa shape index (κ1) is 12.3. The van der Waals surface area contributed by atoms with Crippen LogP contribution < -0.4 is 5.32 Å². The second-order valence-electron chi connectivity index (χ2n) is 3.62. The summed E-state index contributed by atoms with van der Waals surface area (Å²) in [5.74, 6) is -1.12. The molecule has 0 radical (unpaired) electrons. The average molecular weight is 265 g/mol. The molecule has 0 aromatic carbocycles. The Labute approximate surface area is 107 Å². The molecule has 0 saturated carbocycles. The van der Waals surface area contributed by atoms with E-state index in [1.807, 2.05) is 17.5 Å². The highest BCUT2D eigenvalue weighted by atomic mass is 32.1. The first-order chi connectivity index (χ1) is 8.63. The normalized spacial score (nSPS) is 10.2. The van der Waals surface area contributed by atoms with Crippen molar-refractivity contribution in [2.75, 3.05) is 5.32 Å². The first-order valence-corrected chi connectivity index (χ1v) is 6.08. The summed E-state index contributed by atoms with van der Waals surface area (Å²) in [5.41, 5.74) is 0.498. The number of hydrogen-bond acceptors (Lipinski definition) is 4. The van der Waals surface area contributed by atoms with Crippen LogP contribution >= 0.6 is 11.3 Å². The molecule has 2 heterocycles. The lowest BCUT2D eigenvalue weighted by atomic mass is 10.3. The van der Waals surface area contributed by atoms with Crippen LogP contribution in [0.3, 0.4) is 0 Å². The zero-order valence-corrected chi connectivity index (χ0v) is 10.2. The van der Waals surface area contributed by atoms with Gasteiger partial charge in [0.25, 0.3) is 0 Å². The van der Waals surface area contributed by atoms with Gasteiger partial charge < -0.3 is 10.4 Å². The van der Waals surface area contributed by atoms with Gasteiger partial charge in [-0.1, -0.05) is 6.07 Å². The van der Waals surface area contributed by atoms with Gasteiger partial charge in [0.2, 0.25) is 5.91 Å². The number of nitrogens with one attached hydrogen (secondary N) is 1. The Morgan fingerprint density at radius 2 is 2.33 bits per heavy atom. The number of thiophene rings is 1. The van der Waals surface area contributed by atoms with E-state index >= 15 is 0 Å². The molecule has 0 saturated heterocycles. The molecule has 2 N–H and O–H groups in total. The second-order valence-corrected chi connectivity index (χ2v) is 4.66. The maximum absolute atomic E-state index is 11.7. The minimum absolute atomic E-state index is 0.146. The molecule has 2 aromatic heterocycles. The third-order valence-electron chi connectivity index (χ3n) is 2.13. The molecule has 0 spiro atoms. The lowest BCUT2D eigenvalue weighted by molar-refractivity contribution is -0.137. The maximum Gasteiger partial charge on any atom is 0.325 e. The van der Waals surface area contributed by atoms with E-state index < -0.39 is 5.97 Å². The summed E-state index contributed by atoms with van der Waals surface area (Å²) < 4.78 is 1.25. The smallest absolute Gasteiger partial charge is 0.325 e. The Morgan fingerprint density at radius 1 is 1.50 bits per heavy atom. The number of carbonyl (C=O) groups excluding carboxylic acids is 1. The summed E-state index contributed by atoms with van der Waals surface area (Å²) in [6.45, 7) is -0.221. The number of hydrogen-bond donors (Lipinski definition) is 2. The van der Waals surface area contributed by atoms with Crippen molar-refractivity contribution >= 4 is 28.9 Å². The number of nitrogens with zero attached hydrogens (tertiary/aromatic N) is 2. The van der Waals surface area contributed by atoms with Gasteiger partial charge in [0.15, 0.2) is 0 Å². The van der Waals surface area contributed by atoms with Gasteiger partial charge >= 0.3 is 5.97 Å². The Morgan fingerprint density at radius 3 is 3.00 bits per heavy atom. The van der Waals surface area contributed by atoms with Crippen molar-refractivity contribution < 1.29 is 14.7 Å². The minimum atomic E-state index is -0.977. The van der Waals surface area contributed by atoms with Crippen molar-refractivity contribution in [1.82, 2.24) is 9.78 Å². The molecule has 0 bridgehead atoms. The van der Waals surface area contributed by atoms with Gasteiger partial charge in [0.05, 0.1) is 18.3 Å². The number of anilines is 1. The molecule has 7 heteroatoms. The summed E-state index contributed by atoms with van der Waals surface area (Å²) in [4.78, 5) is 23.1. The van der Waals surface area contributed by atoms with Crippen molar-refractivity contribution in [3.8, 4) is 0 Å². The van der Waals surface area contributed by atoms with Crippen molar-refractivity contribution in [2.45, 2.75) is 13.0 Å². The quantitative estimate of drug-likeness (QED) is 0.851. The van der Waals surface area contributed by atoms with Gasteiger partial charge in [0, 0.05) is 11.1 Å². The van der Waals surface area contributed by atoms with E-state index in [2.05, 4.69) is 10.4 Å². The molecule has 0 aliphatic carbocycles. The third kappa shape index (κ3) is 3.42. The molecule has 0 aliphatic heterocycles. The fourth-order valence-corrected chi connectivity index (χ4v) is 2.13. The highest BCUT2D eigenvalue weighted by Gasteiger charge is 2.07. The lowest BCUT2D eigenvalue weighted by Crippen LogP contribution is -2.13. The molecular formula is C11H11N3O3S. The lowest BCUT2D eigenvalue weighted by Gasteiger charge is -2.00. The fourth-order valence-electron chi connectivity index (χ4n) is 1.43. The SMILES string of the molecule is O=C(O)Cn1cc(NC(=O)Cc2cccs2)cn1. The van der Waals surface area contributed by atoms with E-state index in [1.54, 1.807) is 0 Å². The predicted octanol–water partition coefficient (Wildman–Crippen LogP) is 1.21. The standard InChI is InChI=1S/C11H11N3O3S/c15-10(4-9-2-1-3-18-9)13-8-5-12-14(6-8)7-11(16)17/h1-3,5-6H,4,7H2,(H,13,15)(H,16,17). The van der Waals surface area contributed by atoms with E-state index in [1.165, 1.54) is 28.4 Å². The van der Waals surface area contributed by atoms with Gasteiger partial charge in [-0.3, -0.25) is 14.3 Å². The highest BCUT2D eigenvalue weighted by Crippen LogP contribution is 2.11. The van der Waals surface area contributed by atoms with Gasteiger partial charge in [0.1, 0.15) is 6.54 Å². The van der Waals surface area contributed by atoms with Crippen LogP contribution in [0.5, 0.6) is 0 Å². The second kappa shape index (κ2) is 5.46. The van der Waals surface area contributed by atoms with Crippen molar-refractivity contribution in [3.05, 3.63) is 34.8 Å². The summed E-state index contributed by atoms with van der Waals surface area (Å²) in [6.07, 6.45) is 3.22. The summed E-state index contributed by atoms with van der Waals surface area (Å²) >= 11 is 1.52. The topological polar surface area (TPSA) is 84.2 Å². The Kier molecular flexibility index (Phi) is 3.73. The van der Waals surface area contributed by atoms with Crippen molar-refractivity contribution in [1.29, 1.82) is 0 Å². The van der Waals surface area contributed by atoms with Crippen molar-refractivity contribution in [3.63, 3.8) is 0 Å². The molecule has 6 nitrogen and oxygen atoms in total. The van der Waals surface area contributed by atoms with Crippen LogP contribution in [0.2, 0.25) is 0 Å². The number of amides is 1. The maximum atomic E-state index is 11.7. The van der Waals surface area contributed by atoms with Gasteiger partial charge in [-0.2, -0.15) is 5.10 Å². The van der Waals surface area contributed by atoms with Crippen LogP contribution in [-0.4, -0.2) is 26.8 Å². The molecule has 0 atom stereocenters. The monoisotopic (exact) mass is 265 g/mol. The number of aromatic nitrogens is 2. The van der Waals surface area contributed by atoms with Crippen molar-refractivity contribution in [2.24, 2.45) is 0 Å². The Bertz CT molecular complexity index is 548. The molecule has 1 amide bonds. The summed E-state index contributed by atoms with van der Waals surface area (Å²) in [6, 6.07) is 3.77. The number of carbonyl (C=O) groups is 2. The van der Waals surface area contributed by atoms with Gasteiger partial charge in [-0.25, -0.2) is 0 Å². The fraction of sp³-hybridized carbons (Fsp3) is 0.182. The number of carboxylic acid groups (broad SMARTS) is 1. The first-order valence-electron chi connectivity index (χ1n) is 5.20. The Balaban J connectivity index is 1.91. The predicted molar refractivity (Wildman–Crippen MR) is 66.5 cm³/mol. The molecule has 2 aromatic rings. The number of carboxylic acids is 1. The van der Waals surface area contributed by atoms with Crippen LogP contribution in [0.15, 0.2) is 29.9 Å². The third-order valence-corrected chi connectivity index (χ3v) is 3.01. The van der Waals surface area contributed by atoms with E-state index in [0.29, 0.717) is 12.1 Å². The van der Waals surface area contributed by atoms with E-state index in [9.17, 15) is 9.59 Å². The van der Waals surface area contributed by atoms with E-state index in [0.717, 1.165) is 4.88 Å². The van der Waals surface area contributed by atoms with Crippen LogP contribution in [0, 0.1) is 0 Å². The van der Waals surface area contributed by atoms with Gasteiger partial charge in [-0.15, -0.1) is 11.3 Å². The molecule has 0 aliphatic rings. The molecule has 18 heavy (non-hydrogen) atoms. The molecule has 0 fully saturated rings. The molecule has 94 valence electrons. The van der Waals surface area contributed by atoms with Crippen LogP contribution in [0.25, 0.3) is 0 Å². The van der Waals surface area contributed by atoms with E-state index in [-0.39, 0.29) is 12.5 Å². The Hall–Kier alpha value is -2.15. The average Bonchev–Trinajstić information content (AvgIpc) is 2.89. The minimum Gasteiger partial charge on any atom is -0.480 e. The molecule has 2 rings (SSSR count). The number of aliphatic carboxylic acids is 1. The van der Waals surface area contributed by atoms with E-state index in [4.69, 9.17) is 5.11 Å². The summed E-state index contributed by atoms with van der Waals surface area (Å²) in [7, 11) is 0. The summed E-state index contributed by atoms with van der Waals surface area (Å²) in [5, 5.41) is 17.0. The zero-order chi connectivity index (χ0) is 13.0. The highest BCUT2D eigenvalue weighted by molar-refractivity contribution is 7.10. The zero-order valence-electron chi connectivity index (χ0n) is 9.37. The van der Waals surface area contributed by atoms with Crippen LogP contribution in [0.4, 0.5) is 5.69 Å².